The lowest BCUT2D eigenvalue weighted by molar-refractivity contribution is -0.153. The third-order valence-corrected chi connectivity index (χ3v) is 15.9. The number of aromatic nitrogens is 1. The Bertz CT molecular complexity index is 2900. The van der Waals surface area contributed by atoms with E-state index in [4.69, 9.17) is 29.4 Å². The highest BCUT2D eigenvalue weighted by Crippen LogP contribution is 2.50. The van der Waals surface area contributed by atoms with Crippen molar-refractivity contribution >= 4 is 46.5 Å². The number of carbonyl (C=O) groups excluding carboxylic acids is 5. The fraction of sp³-hybridized carbons (Fsp3) is 0.541. The number of fused-ring (bicyclic) bond motifs is 2. The van der Waals surface area contributed by atoms with Crippen LogP contribution >= 0.6 is 11.3 Å². The zero-order valence-electron chi connectivity index (χ0n) is 48.7. The number of esters is 1. The van der Waals surface area contributed by atoms with Gasteiger partial charge in [-0.15, -0.1) is 11.3 Å². The van der Waals surface area contributed by atoms with Crippen LogP contribution in [0.3, 0.4) is 0 Å². The molecule has 7 atom stereocenters. The Morgan fingerprint density at radius 3 is 2.15 bits per heavy atom. The SMILES string of the molecule is Cc1ncsc1-c1ccc(CNC(=O)[C@@H]2C[C@@H](OC(=O)[C@H](C)NC(=O)[C@@H](N)C(C)C)CN2C(=O)[C@@H](NC(=O)COCCOCCOCCOc2cc(F)c(C3C4=C(C[C@@H](C)N3CC(C)(C)F)c3ccccc3C4)c(F)c2)C(C)(C)C)cc1. The van der Waals surface area contributed by atoms with Crippen molar-refractivity contribution in [2.45, 2.75) is 143 Å². The van der Waals surface area contributed by atoms with Crippen molar-refractivity contribution in [2.24, 2.45) is 17.1 Å². The van der Waals surface area contributed by atoms with Crippen LogP contribution in [0.25, 0.3) is 16.0 Å². The van der Waals surface area contributed by atoms with Gasteiger partial charge in [-0.3, -0.25) is 24.1 Å². The minimum Gasteiger partial charge on any atom is -0.491 e. The number of rotatable bonds is 26. The Kier molecular flexibility index (Phi) is 21.6. The van der Waals surface area contributed by atoms with E-state index in [0.29, 0.717) is 12.8 Å². The first-order valence-electron chi connectivity index (χ1n) is 28.0. The minimum absolute atomic E-state index is 0.000249. The lowest BCUT2D eigenvalue weighted by Crippen LogP contribution is -2.58. The van der Waals surface area contributed by atoms with E-state index in [1.165, 1.54) is 37.0 Å². The van der Waals surface area contributed by atoms with Gasteiger partial charge in [0.05, 0.1) is 67.7 Å². The van der Waals surface area contributed by atoms with Gasteiger partial charge < -0.3 is 50.3 Å². The second kappa shape index (κ2) is 27.9. The van der Waals surface area contributed by atoms with Gasteiger partial charge in [0.1, 0.15) is 60.5 Å². The average Bonchev–Trinajstić information content (AvgIpc) is 3.85. The maximum absolute atomic E-state index is 16.1. The van der Waals surface area contributed by atoms with Gasteiger partial charge in [0.15, 0.2) is 0 Å². The largest absolute Gasteiger partial charge is 0.491 e. The first-order valence-corrected chi connectivity index (χ1v) is 28.9. The van der Waals surface area contributed by atoms with E-state index in [1.54, 1.807) is 40.1 Å². The molecule has 1 saturated heterocycles. The fourth-order valence-electron chi connectivity index (χ4n) is 10.6. The predicted octanol–water partition coefficient (Wildman–Crippen LogP) is 7.57. The molecule has 0 radical (unpaired) electrons. The number of likely N-dealkylation sites (tertiary alicyclic amines) is 1. The number of ether oxygens (including phenoxy) is 5. The molecule has 0 saturated carbocycles. The Labute approximate surface area is 483 Å². The zero-order valence-corrected chi connectivity index (χ0v) is 49.5. The minimum atomic E-state index is -1.60. The van der Waals surface area contributed by atoms with E-state index in [-0.39, 0.29) is 89.0 Å². The number of nitrogens with two attached hydrogens (primary N) is 1. The molecule has 4 amide bonds. The number of benzene rings is 3. The number of amides is 4. The predicted molar refractivity (Wildman–Crippen MR) is 306 cm³/mol. The number of halogens is 3. The summed E-state index contributed by atoms with van der Waals surface area (Å²) >= 11 is 1.53. The molecular weight excluding hydrogens is 1080 g/mol. The summed E-state index contributed by atoms with van der Waals surface area (Å²) in [4.78, 5) is 76.4. The summed E-state index contributed by atoms with van der Waals surface area (Å²) in [5.41, 5.74) is 12.0. The van der Waals surface area contributed by atoms with Gasteiger partial charge in [0.2, 0.25) is 23.6 Å². The van der Waals surface area contributed by atoms with Crippen molar-refractivity contribution in [1.82, 2.24) is 30.7 Å². The second-order valence-electron chi connectivity index (χ2n) is 23.5. The smallest absolute Gasteiger partial charge is 0.328 e. The number of aryl methyl sites for hydroxylation is 1. The summed E-state index contributed by atoms with van der Waals surface area (Å²) < 4.78 is 75.7. The highest BCUT2D eigenvalue weighted by Gasteiger charge is 2.47. The van der Waals surface area contributed by atoms with Gasteiger partial charge >= 0.3 is 5.97 Å². The highest BCUT2D eigenvalue weighted by molar-refractivity contribution is 7.13. The Morgan fingerprint density at radius 2 is 1.52 bits per heavy atom. The first kappa shape index (κ1) is 63.4. The molecule has 1 aromatic heterocycles. The van der Waals surface area contributed by atoms with Crippen LogP contribution in [0.5, 0.6) is 5.75 Å². The molecule has 0 spiro atoms. The normalized spacial score (nSPS) is 19.3. The first-order chi connectivity index (χ1) is 38.8. The molecule has 3 aromatic carbocycles. The molecule has 1 fully saturated rings. The van der Waals surface area contributed by atoms with Crippen molar-refractivity contribution in [3.05, 3.63) is 111 Å². The van der Waals surface area contributed by atoms with E-state index in [2.05, 4.69) is 20.9 Å². The van der Waals surface area contributed by atoms with Crippen molar-refractivity contribution in [1.29, 1.82) is 0 Å². The van der Waals surface area contributed by atoms with Crippen LogP contribution in [-0.2, 0) is 55.9 Å². The summed E-state index contributed by atoms with van der Waals surface area (Å²) in [6.07, 6.45) is 0.219. The standard InChI is InChI=1S/C61H80F3N7O10S/c1-35(2)52(65)57(74)68-38(5)59(76)81-43-29-49(56(73)66-30-39-15-17-40(18-16-39)54-37(4)67-34-82-54)70(31-43)58(75)55(60(6,7)8)69-50(72)32-79-22-21-77-19-20-78-23-24-80-42-27-47(62)51(48(63)28-42)53-46-26-41-13-11-12-14-44(41)45(46)25-36(3)71(53)33-61(9,10)64/h11-18,27-28,34-36,38,43,49,52-53,55H,19-26,29-33,65H2,1-10H3,(H,66,73)(H,68,74)(H,69,72)/t36-,38+,43-,49+,52+,53?,55-/m1/s1. The second-order valence-corrected chi connectivity index (χ2v) is 24.3. The number of carbonyl (C=O) groups is 5. The lowest BCUT2D eigenvalue weighted by Gasteiger charge is -2.44. The Balaban J connectivity index is 0.861. The maximum Gasteiger partial charge on any atom is 0.328 e. The Morgan fingerprint density at radius 1 is 0.878 bits per heavy atom. The van der Waals surface area contributed by atoms with Crippen molar-refractivity contribution < 1.29 is 60.8 Å². The summed E-state index contributed by atoms with van der Waals surface area (Å²) in [5, 5.41) is 8.30. The molecule has 2 aliphatic heterocycles. The summed E-state index contributed by atoms with van der Waals surface area (Å²) in [5.74, 6) is -4.66. The van der Waals surface area contributed by atoms with Gasteiger partial charge in [-0.1, -0.05) is 83.1 Å². The third-order valence-electron chi connectivity index (χ3n) is 14.9. The molecule has 7 rings (SSSR count). The molecule has 21 heteroatoms. The third kappa shape index (κ3) is 16.3. The van der Waals surface area contributed by atoms with Gasteiger partial charge in [0.25, 0.3) is 0 Å². The van der Waals surface area contributed by atoms with E-state index in [0.717, 1.165) is 56.1 Å². The summed E-state index contributed by atoms with van der Waals surface area (Å²) in [6.45, 7) is 17.3. The molecule has 0 bridgehead atoms. The molecule has 3 heterocycles. The van der Waals surface area contributed by atoms with Crippen LogP contribution in [0.1, 0.15) is 109 Å². The summed E-state index contributed by atoms with van der Waals surface area (Å²) in [6, 6.07) is 12.9. The molecule has 3 aliphatic rings. The highest BCUT2D eigenvalue weighted by atomic mass is 32.1. The van der Waals surface area contributed by atoms with Gasteiger partial charge in [-0.2, -0.15) is 0 Å². The number of thiazole rings is 1. The number of nitrogens with zero attached hydrogens (tertiary/aromatic N) is 3. The molecule has 1 unspecified atom stereocenters. The van der Waals surface area contributed by atoms with E-state index in [9.17, 15) is 24.0 Å². The number of hydrogen-bond acceptors (Lipinski definition) is 14. The fourth-order valence-corrected chi connectivity index (χ4v) is 11.4. The van der Waals surface area contributed by atoms with Crippen molar-refractivity contribution in [2.75, 3.05) is 59.3 Å². The van der Waals surface area contributed by atoms with E-state index in [1.807, 2.05) is 67.3 Å². The van der Waals surface area contributed by atoms with Crippen LogP contribution in [0.2, 0.25) is 0 Å². The van der Waals surface area contributed by atoms with Crippen LogP contribution in [0.4, 0.5) is 13.2 Å². The number of hydrogen-bond donors (Lipinski definition) is 4. The molecule has 4 aromatic rings. The number of alkyl halides is 1. The Hall–Kier alpha value is -6.23. The average molecular weight is 1160 g/mol. The number of nitrogens with one attached hydrogen (secondary N) is 3. The summed E-state index contributed by atoms with van der Waals surface area (Å²) in [7, 11) is 0. The van der Waals surface area contributed by atoms with Crippen molar-refractivity contribution in [3.63, 3.8) is 0 Å². The lowest BCUT2D eigenvalue weighted by atomic mass is 9.84. The van der Waals surface area contributed by atoms with E-state index >= 15 is 13.2 Å². The van der Waals surface area contributed by atoms with Crippen LogP contribution in [0.15, 0.2) is 71.7 Å². The molecule has 446 valence electrons. The maximum atomic E-state index is 16.1. The van der Waals surface area contributed by atoms with Crippen LogP contribution in [0, 0.1) is 29.9 Å². The molecule has 5 N–H and O–H groups in total. The van der Waals surface area contributed by atoms with Gasteiger partial charge in [0, 0.05) is 43.2 Å². The quantitative estimate of drug-likeness (QED) is 0.0354. The molecule has 1 aliphatic carbocycles. The topological polar surface area (TPSA) is 213 Å². The van der Waals surface area contributed by atoms with Gasteiger partial charge in [-0.25, -0.2) is 22.9 Å². The van der Waals surface area contributed by atoms with Gasteiger partial charge in [-0.05, 0) is 92.2 Å². The molecule has 17 nitrogen and oxygen atoms in total. The molecular formula is C61H80F3N7O10S. The monoisotopic (exact) mass is 1160 g/mol. The van der Waals surface area contributed by atoms with Crippen LogP contribution < -0.4 is 26.4 Å². The van der Waals surface area contributed by atoms with E-state index < -0.39 is 95.2 Å². The zero-order chi connectivity index (χ0) is 59.6. The molecule has 82 heavy (non-hydrogen) atoms. The van der Waals surface area contributed by atoms with Crippen molar-refractivity contribution in [3.8, 4) is 16.2 Å². The van der Waals surface area contributed by atoms with Crippen LogP contribution in [-0.4, -0.2) is 146 Å².